The van der Waals surface area contributed by atoms with Crippen molar-refractivity contribution in [2.24, 2.45) is 4.99 Å². The van der Waals surface area contributed by atoms with Gasteiger partial charge in [-0.1, -0.05) is 31.5 Å². The molecule has 0 aromatic heterocycles. The Labute approximate surface area is 136 Å². The maximum absolute atomic E-state index is 12.3. The molecule has 1 heterocycles. The highest BCUT2D eigenvalue weighted by atomic mass is 32.3. The Morgan fingerprint density at radius 2 is 2.04 bits per heavy atom. The second kappa shape index (κ2) is 7.38. The predicted molar refractivity (Wildman–Crippen MR) is 92.8 cm³/mol. The second-order valence-corrected chi connectivity index (χ2v) is 8.08. The van der Waals surface area contributed by atoms with Gasteiger partial charge < -0.3 is 5.32 Å². The second-order valence-electron chi connectivity index (χ2n) is 5.15. The van der Waals surface area contributed by atoms with Crippen molar-refractivity contribution < 1.29 is 9.72 Å². The third-order valence-corrected chi connectivity index (χ3v) is 6.31. The first-order chi connectivity index (χ1) is 11.0. The summed E-state index contributed by atoms with van der Waals surface area (Å²) in [6, 6.07) is 8.71. The fourth-order valence-electron chi connectivity index (χ4n) is 2.11. The van der Waals surface area contributed by atoms with Gasteiger partial charge in [-0.25, -0.2) is 4.99 Å². The van der Waals surface area contributed by atoms with Crippen molar-refractivity contribution in [1.82, 2.24) is 10.0 Å². The number of nitrogens with zero attached hydrogens (tertiary/aromatic N) is 2. The lowest BCUT2D eigenvalue weighted by Gasteiger charge is -2.31. The van der Waals surface area contributed by atoms with Crippen LogP contribution in [0, 0.1) is 10.1 Å². The van der Waals surface area contributed by atoms with Crippen LogP contribution in [-0.4, -0.2) is 28.8 Å². The van der Waals surface area contributed by atoms with E-state index >= 15 is 0 Å². The van der Waals surface area contributed by atoms with E-state index in [1.54, 1.807) is 30.5 Å². The van der Waals surface area contributed by atoms with E-state index in [0.717, 1.165) is 12.8 Å². The molecule has 1 aromatic rings. The van der Waals surface area contributed by atoms with Crippen LogP contribution in [0.3, 0.4) is 0 Å². The molecule has 0 bridgehead atoms. The lowest BCUT2D eigenvalue weighted by Crippen LogP contribution is -2.39. The van der Waals surface area contributed by atoms with Gasteiger partial charge in [0.1, 0.15) is 6.20 Å². The van der Waals surface area contributed by atoms with Crippen LogP contribution in [0.15, 0.2) is 46.6 Å². The Kier molecular flexibility index (Phi) is 5.51. The highest BCUT2D eigenvalue weighted by Gasteiger charge is 2.42. The zero-order valence-corrected chi connectivity index (χ0v) is 13.9. The smallest absolute Gasteiger partial charge is 0.301 e. The Morgan fingerprint density at radius 3 is 2.65 bits per heavy atom. The SMILES string of the molecule is CCCCNS1(C)C([N+](=O)[O-])=CN=C1NC(=O)c1ccccc1. The molecule has 0 saturated carbocycles. The minimum absolute atomic E-state index is 0.0111. The van der Waals surface area contributed by atoms with Crippen molar-refractivity contribution >= 4 is 21.3 Å². The van der Waals surface area contributed by atoms with Crippen molar-refractivity contribution in [3.8, 4) is 0 Å². The quantitative estimate of drug-likeness (QED) is 0.474. The molecule has 1 aliphatic heterocycles. The lowest BCUT2D eigenvalue weighted by molar-refractivity contribution is -0.411. The van der Waals surface area contributed by atoms with E-state index in [-0.39, 0.29) is 10.9 Å². The number of unbranched alkanes of at least 4 members (excludes halogenated alkanes) is 1. The number of carbonyl (C=O) groups excluding carboxylic acids is 1. The first-order valence-electron chi connectivity index (χ1n) is 7.31. The van der Waals surface area contributed by atoms with E-state index in [1.165, 1.54) is 6.20 Å². The topological polar surface area (TPSA) is 96.6 Å². The fraction of sp³-hybridized carbons (Fsp3) is 0.333. The number of hydrogen-bond donors (Lipinski definition) is 2. The van der Waals surface area contributed by atoms with Crippen LogP contribution in [0.2, 0.25) is 0 Å². The van der Waals surface area contributed by atoms with Crippen LogP contribution >= 0.6 is 10.2 Å². The maximum atomic E-state index is 12.3. The number of aliphatic imine (C=N–C) groups is 1. The van der Waals surface area contributed by atoms with Gasteiger partial charge in [0.25, 0.3) is 5.91 Å². The molecule has 1 aliphatic rings. The van der Waals surface area contributed by atoms with E-state index < -0.39 is 15.1 Å². The van der Waals surface area contributed by atoms with E-state index in [0.29, 0.717) is 17.3 Å². The minimum Gasteiger partial charge on any atom is -0.301 e. The average Bonchev–Trinajstić information content (AvgIpc) is 2.85. The normalized spacial score (nSPS) is 22.7. The summed E-state index contributed by atoms with van der Waals surface area (Å²) in [5, 5.41) is 14.3. The highest BCUT2D eigenvalue weighted by Crippen LogP contribution is 2.52. The molecule has 0 radical (unpaired) electrons. The van der Waals surface area contributed by atoms with Gasteiger partial charge >= 0.3 is 5.03 Å². The Morgan fingerprint density at radius 1 is 1.35 bits per heavy atom. The van der Waals surface area contributed by atoms with Crippen LogP contribution < -0.4 is 10.0 Å². The lowest BCUT2D eigenvalue weighted by atomic mass is 10.2. The molecular weight excluding hydrogens is 316 g/mol. The summed E-state index contributed by atoms with van der Waals surface area (Å²) in [4.78, 5) is 27.2. The van der Waals surface area contributed by atoms with E-state index in [1.807, 2.05) is 13.0 Å². The number of amides is 1. The molecule has 23 heavy (non-hydrogen) atoms. The van der Waals surface area contributed by atoms with Gasteiger partial charge in [-0.2, -0.15) is 0 Å². The summed E-state index contributed by atoms with van der Waals surface area (Å²) in [6.07, 6.45) is 4.85. The van der Waals surface area contributed by atoms with Gasteiger partial charge in [0.15, 0.2) is 5.17 Å². The Hall–Kier alpha value is -2.19. The minimum atomic E-state index is -2.13. The third kappa shape index (κ3) is 3.77. The van der Waals surface area contributed by atoms with Crippen molar-refractivity contribution in [2.45, 2.75) is 19.8 Å². The molecule has 1 amide bonds. The zero-order valence-electron chi connectivity index (χ0n) is 13.1. The standard InChI is InChI=1S/C15H20N4O3S/c1-3-4-10-17-23(2)13(19(21)22)11-16-15(23)18-14(20)12-8-6-5-7-9-12/h5-9,11,17H,3-4,10H2,1-2H3,(H,16,18,20). The van der Waals surface area contributed by atoms with Crippen LogP contribution in [0.25, 0.3) is 0 Å². The van der Waals surface area contributed by atoms with Crippen LogP contribution in [0.4, 0.5) is 0 Å². The Balaban J connectivity index is 2.17. The van der Waals surface area contributed by atoms with Crippen LogP contribution in [-0.2, 0) is 0 Å². The molecule has 0 saturated heterocycles. The van der Waals surface area contributed by atoms with Gasteiger partial charge in [-0.05, 0) is 35.0 Å². The van der Waals surface area contributed by atoms with E-state index in [2.05, 4.69) is 15.0 Å². The van der Waals surface area contributed by atoms with Gasteiger partial charge in [0.05, 0.1) is 4.92 Å². The number of amidine groups is 1. The molecule has 7 nitrogen and oxygen atoms in total. The van der Waals surface area contributed by atoms with Crippen molar-refractivity contribution in [3.05, 3.63) is 57.2 Å². The predicted octanol–water partition coefficient (Wildman–Crippen LogP) is 2.60. The largest absolute Gasteiger partial charge is 0.322 e. The zero-order chi connectivity index (χ0) is 16.9. The summed E-state index contributed by atoms with van der Waals surface area (Å²) < 4.78 is 3.23. The number of benzene rings is 1. The summed E-state index contributed by atoms with van der Waals surface area (Å²) in [5.41, 5.74) is 0.486. The summed E-state index contributed by atoms with van der Waals surface area (Å²) >= 11 is 0. The third-order valence-electron chi connectivity index (χ3n) is 3.45. The monoisotopic (exact) mass is 336 g/mol. The summed E-state index contributed by atoms with van der Waals surface area (Å²) in [7, 11) is -2.13. The van der Waals surface area contributed by atoms with Crippen molar-refractivity contribution in [2.75, 3.05) is 12.8 Å². The van der Waals surface area contributed by atoms with Gasteiger partial charge in [0.2, 0.25) is 0 Å². The van der Waals surface area contributed by atoms with Gasteiger partial charge in [-0.15, -0.1) is 0 Å². The molecule has 0 fully saturated rings. The van der Waals surface area contributed by atoms with Crippen LogP contribution in [0.5, 0.6) is 0 Å². The Bertz CT molecular complexity index is 660. The average molecular weight is 336 g/mol. The fourth-order valence-corrected chi connectivity index (χ4v) is 4.27. The summed E-state index contributed by atoms with van der Waals surface area (Å²) in [5.74, 6) is -0.321. The molecule has 1 atom stereocenters. The summed E-state index contributed by atoms with van der Waals surface area (Å²) in [6.45, 7) is 2.68. The molecule has 1 aromatic carbocycles. The highest BCUT2D eigenvalue weighted by molar-refractivity contribution is 8.46. The number of carbonyl (C=O) groups is 1. The van der Waals surface area contributed by atoms with Crippen LogP contribution in [0.1, 0.15) is 30.1 Å². The number of nitrogens with one attached hydrogen (secondary N) is 2. The molecule has 124 valence electrons. The molecular formula is C15H20N4O3S. The number of nitro groups is 1. The maximum Gasteiger partial charge on any atom is 0.322 e. The first kappa shape index (κ1) is 17.2. The molecule has 2 N–H and O–H groups in total. The van der Waals surface area contributed by atoms with Gasteiger partial charge in [0, 0.05) is 12.1 Å². The molecule has 0 aliphatic carbocycles. The van der Waals surface area contributed by atoms with Crippen molar-refractivity contribution in [3.63, 3.8) is 0 Å². The number of hydrogen-bond acceptors (Lipinski definition) is 5. The van der Waals surface area contributed by atoms with Gasteiger partial charge in [-0.3, -0.25) is 19.6 Å². The van der Waals surface area contributed by atoms with E-state index in [9.17, 15) is 14.9 Å². The first-order valence-corrected chi connectivity index (χ1v) is 9.35. The number of rotatable bonds is 6. The van der Waals surface area contributed by atoms with E-state index in [4.69, 9.17) is 0 Å². The molecule has 0 spiro atoms. The molecule has 8 heteroatoms. The molecule has 1 unspecified atom stereocenters. The molecule has 2 rings (SSSR count). The van der Waals surface area contributed by atoms with Crippen molar-refractivity contribution in [1.29, 1.82) is 0 Å².